The number of rotatable bonds is 10. The zero-order valence-electron chi connectivity index (χ0n) is 19.4. The van der Waals surface area contributed by atoms with Gasteiger partial charge in [-0.2, -0.15) is 0 Å². The molecule has 2 aromatic carbocycles. The number of hydrogen-bond donors (Lipinski definition) is 1. The number of halogens is 1. The molecule has 33 heavy (non-hydrogen) atoms. The van der Waals surface area contributed by atoms with Crippen molar-refractivity contribution in [1.82, 2.24) is 10.2 Å². The number of hydrogen-bond acceptors (Lipinski definition) is 4. The van der Waals surface area contributed by atoms with Gasteiger partial charge in [0.25, 0.3) is 5.91 Å². The molecular weight excluding hydrogens is 423 g/mol. The minimum atomic E-state index is -0.658. The van der Waals surface area contributed by atoms with E-state index in [9.17, 15) is 14.0 Å². The van der Waals surface area contributed by atoms with E-state index in [0.29, 0.717) is 12.2 Å². The number of ether oxygens (including phenoxy) is 2. The quantitative estimate of drug-likeness (QED) is 0.573. The van der Waals surface area contributed by atoms with Crippen LogP contribution in [0.4, 0.5) is 4.39 Å². The van der Waals surface area contributed by atoms with Crippen LogP contribution in [-0.2, 0) is 16.1 Å². The van der Waals surface area contributed by atoms with Gasteiger partial charge >= 0.3 is 0 Å². The van der Waals surface area contributed by atoms with Crippen molar-refractivity contribution in [3.05, 3.63) is 59.9 Å². The Morgan fingerprint density at radius 2 is 1.88 bits per heavy atom. The van der Waals surface area contributed by atoms with Gasteiger partial charge in [-0.05, 0) is 49.1 Å². The molecule has 0 saturated heterocycles. The molecule has 1 aliphatic rings. The van der Waals surface area contributed by atoms with Gasteiger partial charge in [0.15, 0.2) is 18.2 Å². The standard InChI is InChI=1S/C26H33FN2O4/c1-3-23(26(31)28-20-11-5-4-6-12-20)29(17-19-10-9-13-21(16-19)32-2)25(30)18-33-24-15-8-7-14-22(24)27/h7-10,13-16,20,23H,3-6,11-12,17-18H2,1-2H3,(H,28,31)/t23-/m0/s1. The van der Waals surface area contributed by atoms with Crippen molar-refractivity contribution in [3.63, 3.8) is 0 Å². The molecule has 1 N–H and O–H groups in total. The first-order valence-corrected chi connectivity index (χ1v) is 11.6. The highest BCUT2D eigenvalue weighted by molar-refractivity contribution is 5.88. The van der Waals surface area contributed by atoms with E-state index in [4.69, 9.17) is 9.47 Å². The average molecular weight is 457 g/mol. The smallest absolute Gasteiger partial charge is 0.261 e. The molecule has 0 aromatic heterocycles. The highest BCUT2D eigenvalue weighted by Gasteiger charge is 2.30. The average Bonchev–Trinajstić information content (AvgIpc) is 2.84. The molecule has 0 aliphatic heterocycles. The van der Waals surface area contributed by atoms with Crippen LogP contribution in [0, 0.1) is 5.82 Å². The normalized spacial score (nSPS) is 14.9. The van der Waals surface area contributed by atoms with E-state index in [1.165, 1.54) is 23.5 Å². The molecular formula is C26H33FN2O4. The molecule has 1 atom stereocenters. The molecule has 1 aliphatic carbocycles. The van der Waals surface area contributed by atoms with Gasteiger partial charge in [0.05, 0.1) is 7.11 Å². The van der Waals surface area contributed by atoms with Crippen LogP contribution in [0.15, 0.2) is 48.5 Å². The zero-order chi connectivity index (χ0) is 23.6. The van der Waals surface area contributed by atoms with Gasteiger partial charge < -0.3 is 19.7 Å². The van der Waals surface area contributed by atoms with Gasteiger partial charge in [0.2, 0.25) is 5.91 Å². The highest BCUT2D eigenvalue weighted by atomic mass is 19.1. The second-order valence-corrected chi connectivity index (χ2v) is 8.36. The number of benzene rings is 2. The molecule has 0 bridgehead atoms. The Bertz CT molecular complexity index is 930. The predicted octanol–water partition coefficient (Wildman–Crippen LogP) is 4.47. The maximum Gasteiger partial charge on any atom is 0.261 e. The Morgan fingerprint density at radius 3 is 2.58 bits per heavy atom. The summed E-state index contributed by atoms with van der Waals surface area (Å²) in [6.07, 6.45) is 5.77. The molecule has 0 radical (unpaired) electrons. The number of carbonyl (C=O) groups excluding carboxylic acids is 2. The zero-order valence-corrected chi connectivity index (χ0v) is 19.4. The van der Waals surface area contributed by atoms with Gasteiger partial charge in [0, 0.05) is 12.6 Å². The van der Waals surface area contributed by atoms with Gasteiger partial charge in [-0.3, -0.25) is 9.59 Å². The molecule has 0 spiro atoms. The monoisotopic (exact) mass is 456 g/mol. The van der Waals surface area contributed by atoms with E-state index in [0.717, 1.165) is 31.2 Å². The number of carbonyl (C=O) groups is 2. The third-order valence-electron chi connectivity index (χ3n) is 6.01. The molecule has 1 saturated carbocycles. The van der Waals surface area contributed by atoms with Gasteiger partial charge in [0.1, 0.15) is 11.8 Å². The first kappa shape index (κ1) is 24.6. The summed E-state index contributed by atoms with van der Waals surface area (Å²) in [5.41, 5.74) is 0.831. The Labute approximate surface area is 195 Å². The molecule has 7 heteroatoms. The topological polar surface area (TPSA) is 67.9 Å². The fraction of sp³-hybridized carbons (Fsp3) is 0.462. The number of amides is 2. The van der Waals surface area contributed by atoms with Crippen molar-refractivity contribution in [2.45, 2.75) is 64.1 Å². The fourth-order valence-corrected chi connectivity index (χ4v) is 4.22. The molecule has 6 nitrogen and oxygen atoms in total. The van der Waals surface area contributed by atoms with Crippen LogP contribution < -0.4 is 14.8 Å². The third kappa shape index (κ3) is 6.94. The number of methoxy groups -OCH3 is 1. The minimum Gasteiger partial charge on any atom is -0.497 e. The lowest BCUT2D eigenvalue weighted by Crippen LogP contribution is -2.52. The molecule has 178 valence electrons. The number of nitrogens with one attached hydrogen (secondary N) is 1. The maximum absolute atomic E-state index is 14.0. The number of para-hydroxylation sites is 1. The lowest BCUT2D eigenvalue weighted by molar-refractivity contribution is -0.143. The first-order valence-electron chi connectivity index (χ1n) is 11.6. The van der Waals surface area contributed by atoms with E-state index in [-0.39, 0.29) is 36.8 Å². The molecule has 1 fully saturated rings. The second-order valence-electron chi connectivity index (χ2n) is 8.36. The third-order valence-corrected chi connectivity index (χ3v) is 6.01. The van der Waals surface area contributed by atoms with Crippen LogP contribution in [0.5, 0.6) is 11.5 Å². The van der Waals surface area contributed by atoms with Crippen molar-refractivity contribution in [3.8, 4) is 11.5 Å². The van der Waals surface area contributed by atoms with Crippen molar-refractivity contribution in [2.24, 2.45) is 0 Å². The predicted molar refractivity (Wildman–Crippen MR) is 125 cm³/mol. The minimum absolute atomic E-state index is 0.00638. The molecule has 2 amide bonds. The Balaban J connectivity index is 1.78. The van der Waals surface area contributed by atoms with Crippen molar-refractivity contribution in [1.29, 1.82) is 0 Å². The Hall–Kier alpha value is -3.09. The van der Waals surface area contributed by atoms with E-state index in [1.54, 1.807) is 19.2 Å². The van der Waals surface area contributed by atoms with Crippen molar-refractivity contribution >= 4 is 11.8 Å². The Kier molecular flexibility index (Phi) is 9.10. The largest absolute Gasteiger partial charge is 0.497 e. The van der Waals surface area contributed by atoms with Crippen LogP contribution >= 0.6 is 0 Å². The lowest BCUT2D eigenvalue weighted by Gasteiger charge is -2.32. The van der Waals surface area contributed by atoms with Crippen molar-refractivity contribution < 1.29 is 23.5 Å². The summed E-state index contributed by atoms with van der Waals surface area (Å²) < 4.78 is 24.7. The van der Waals surface area contributed by atoms with Gasteiger partial charge in [-0.15, -0.1) is 0 Å². The van der Waals surface area contributed by atoms with Crippen LogP contribution in [0.2, 0.25) is 0 Å². The molecule has 0 unspecified atom stereocenters. The SMILES string of the molecule is CC[C@@H](C(=O)NC1CCCCC1)N(Cc1cccc(OC)c1)C(=O)COc1ccccc1F. The van der Waals surface area contributed by atoms with Gasteiger partial charge in [-0.25, -0.2) is 4.39 Å². The highest BCUT2D eigenvalue weighted by Crippen LogP contribution is 2.21. The second kappa shape index (κ2) is 12.2. The van der Waals surface area contributed by atoms with Crippen LogP contribution in [0.25, 0.3) is 0 Å². The Morgan fingerprint density at radius 1 is 1.12 bits per heavy atom. The summed E-state index contributed by atoms with van der Waals surface area (Å²) in [6, 6.07) is 12.8. The van der Waals surface area contributed by atoms with Crippen LogP contribution in [0.1, 0.15) is 51.0 Å². The summed E-state index contributed by atoms with van der Waals surface area (Å²) >= 11 is 0. The fourth-order valence-electron chi connectivity index (χ4n) is 4.22. The van der Waals surface area contributed by atoms with Gasteiger partial charge in [-0.1, -0.05) is 50.5 Å². The lowest BCUT2D eigenvalue weighted by atomic mass is 9.95. The summed E-state index contributed by atoms with van der Waals surface area (Å²) in [4.78, 5) is 28.0. The van der Waals surface area contributed by atoms with Crippen LogP contribution in [-0.4, -0.2) is 42.5 Å². The summed E-state index contributed by atoms with van der Waals surface area (Å²) in [5.74, 6) is -0.404. The number of nitrogens with zero attached hydrogens (tertiary/aromatic N) is 1. The van der Waals surface area contributed by atoms with E-state index in [2.05, 4.69) is 5.32 Å². The summed E-state index contributed by atoms with van der Waals surface area (Å²) in [5, 5.41) is 3.14. The molecule has 0 heterocycles. The van der Waals surface area contributed by atoms with E-state index < -0.39 is 11.9 Å². The van der Waals surface area contributed by atoms with Crippen molar-refractivity contribution in [2.75, 3.05) is 13.7 Å². The summed E-state index contributed by atoms with van der Waals surface area (Å²) in [7, 11) is 1.58. The van der Waals surface area contributed by atoms with E-state index in [1.807, 2.05) is 31.2 Å². The van der Waals surface area contributed by atoms with Crippen LogP contribution in [0.3, 0.4) is 0 Å². The molecule has 3 rings (SSSR count). The molecule has 2 aromatic rings. The first-order chi connectivity index (χ1) is 16.0. The van der Waals surface area contributed by atoms with E-state index >= 15 is 0 Å². The summed E-state index contributed by atoms with van der Waals surface area (Å²) in [6.45, 7) is 1.74. The maximum atomic E-state index is 14.0.